The second-order valence-corrected chi connectivity index (χ2v) is 2.84. The molecule has 0 radical (unpaired) electrons. The van der Waals surface area contributed by atoms with Crippen molar-refractivity contribution in [2.45, 2.75) is 11.8 Å². The maximum absolute atomic E-state index is 10.7. The van der Waals surface area contributed by atoms with Gasteiger partial charge in [0.1, 0.15) is 0 Å². The van der Waals surface area contributed by atoms with Crippen LogP contribution in [0.1, 0.15) is 6.92 Å². The van der Waals surface area contributed by atoms with Crippen LogP contribution in [0.25, 0.3) is 0 Å². The number of carbonyl (C=O) groups excluding carboxylic acids is 1. The number of nitrogens with zero attached hydrogens (tertiary/aromatic N) is 1. The van der Waals surface area contributed by atoms with Crippen LogP contribution in [0.15, 0.2) is 0 Å². The number of alkyl halides is 1. The van der Waals surface area contributed by atoms with Crippen LogP contribution in [-0.2, 0) is 9.53 Å². The van der Waals surface area contributed by atoms with Gasteiger partial charge in [-0.05, 0) is 6.92 Å². The average Bonchev–Trinajstić information content (AvgIpc) is 1.86. The van der Waals surface area contributed by atoms with E-state index in [0.717, 1.165) is 0 Å². The van der Waals surface area contributed by atoms with E-state index in [2.05, 4.69) is 20.7 Å². The van der Waals surface area contributed by atoms with Crippen molar-refractivity contribution in [2.24, 2.45) is 0 Å². The number of ether oxygens (including phenoxy) is 1. The molecule has 0 spiro atoms. The van der Waals surface area contributed by atoms with Crippen LogP contribution in [0.4, 0.5) is 0 Å². The summed E-state index contributed by atoms with van der Waals surface area (Å²) in [6.45, 7) is 1.43. The van der Waals surface area contributed by atoms with Gasteiger partial charge in [0.15, 0.2) is 4.83 Å². The molecule has 5 nitrogen and oxygen atoms in total. The first kappa shape index (κ1) is 10.3. The third-order valence-corrected chi connectivity index (χ3v) is 1.52. The molecule has 0 saturated heterocycles. The normalized spacial score (nSPS) is 12.2. The molecule has 0 aliphatic rings. The first-order valence-corrected chi connectivity index (χ1v) is 3.92. The fraction of sp³-hybridized carbons (Fsp3) is 0.800. The standard InChI is InChI=1S/C5H8BrNO4/c1-2-11-5(8)4(6)3-7(9)10/h4H,2-3H2,1H3. The molecule has 0 aromatic carbocycles. The van der Waals surface area contributed by atoms with Gasteiger partial charge in [0.05, 0.1) is 6.61 Å². The summed E-state index contributed by atoms with van der Waals surface area (Å²) >= 11 is 2.83. The van der Waals surface area contributed by atoms with E-state index in [1.54, 1.807) is 6.92 Å². The molecular formula is C5H8BrNO4. The van der Waals surface area contributed by atoms with Crippen LogP contribution in [0.2, 0.25) is 0 Å². The van der Waals surface area contributed by atoms with Crippen LogP contribution >= 0.6 is 15.9 Å². The Hall–Kier alpha value is -0.650. The van der Waals surface area contributed by atoms with Gasteiger partial charge in [-0.2, -0.15) is 0 Å². The van der Waals surface area contributed by atoms with Gasteiger partial charge in [-0.25, -0.2) is 0 Å². The highest BCUT2D eigenvalue weighted by molar-refractivity contribution is 9.10. The number of halogens is 1. The van der Waals surface area contributed by atoms with Crippen molar-refractivity contribution in [3.8, 4) is 0 Å². The van der Waals surface area contributed by atoms with Crippen molar-refractivity contribution in [3.05, 3.63) is 10.1 Å². The predicted molar refractivity (Wildman–Crippen MR) is 41.2 cm³/mol. The lowest BCUT2D eigenvalue weighted by Gasteiger charge is -2.03. The van der Waals surface area contributed by atoms with Gasteiger partial charge < -0.3 is 4.74 Å². The number of hydrogen-bond acceptors (Lipinski definition) is 4. The van der Waals surface area contributed by atoms with Crippen molar-refractivity contribution < 1.29 is 14.5 Å². The lowest BCUT2D eigenvalue weighted by atomic mass is 10.4. The van der Waals surface area contributed by atoms with E-state index in [9.17, 15) is 14.9 Å². The van der Waals surface area contributed by atoms with Gasteiger partial charge in [0.25, 0.3) is 0 Å². The first-order valence-electron chi connectivity index (χ1n) is 3.00. The van der Waals surface area contributed by atoms with E-state index in [1.165, 1.54) is 0 Å². The lowest BCUT2D eigenvalue weighted by Crippen LogP contribution is -2.25. The summed E-state index contributed by atoms with van der Waals surface area (Å²) in [5, 5.41) is 9.89. The number of esters is 1. The summed E-state index contributed by atoms with van der Waals surface area (Å²) in [7, 11) is 0. The zero-order valence-electron chi connectivity index (χ0n) is 5.95. The highest BCUT2D eigenvalue weighted by atomic mass is 79.9. The summed E-state index contributed by atoms with van der Waals surface area (Å²) < 4.78 is 4.51. The van der Waals surface area contributed by atoms with Crippen LogP contribution in [0.5, 0.6) is 0 Å². The van der Waals surface area contributed by atoms with Gasteiger partial charge in [-0.15, -0.1) is 0 Å². The van der Waals surface area contributed by atoms with E-state index < -0.39 is 22.3 Å². The van der Waals surface area contributed by atoms with Gasteiger partial charge in [-0.1, -0.05) is 15.9 Å². The Morgan fingerprint density at radius 1 is 1.82 bits per heavy atom. The van der Waals surface area contributed by atoms with Gasteiger partial charge in [0.2, 0.25) is 6.54 Å². The number of hydrogen-bond donors (Lipinski definition) is 0. The smallest absolute Gasteiger partial charge is 0.326 e. The van der Waals surface area contributed by atoms with Crippen molar-refractivity contribution >= 4 is 21.9 Å². The predicted octanol–water partition coefficient (Wildman–Crippen LogP) is 0.590. The van der Waals surface area contributed by atoms with Crippen LogP contribution in [0, 0.1) is 10.1 Å². The third kappa shape index (κ3) is 4.72. The zero-order valence-corrected chi connectivity index (χ0v) is 7.54. The van der Waals surface area contributed by atoms with Crippen molar-refractivity contribution in [3.63, 3.8) is 0 Å². The molecule has 0 aliphatic carbocycles. The quantitative estimate of drug-likeness (QED) is 0.304. The first-order chi connectivity index (χ1) is 5.07. The second kappa shape index (κ2) is 5.06. The van der Waals surface area contributed by atoms with E-state index in [4.69, 9.17) is 0 Å². The van der Waals surface area contributed by atoms with Gasteiger partial charge in [-0.3, -0.25) is 14.9 Å². The highest BCUT2D eigenvalue weighted by Gasteiger charge is 2.21. The topological polar surface area (TPSA) is 69.4 Å². The molecule has 0 heterocycles. The molecular weight excluding hydrogens is 218 g/mol. The van der Waals surface area contributed by atoms with Gasteiger partial charge in [0, 0.05) is 4.92 Å². The Morgan fingerprint density at radius 2 is 2.36 bits per heavy atom. The SMILES string of the molecule is CCOC(=O)C(Br)C[N+](=O)[O-]. The van der Waals surface area contributed by atoms with Crippen LogP contribution < -0.4 is 0 Å². The summed E-state index contributed by atoms with van der Waals surface area (Å²) in [5.74, 6) is -0.593. The third-order valence-electron chi connectivity index (χ3n) is 0.852. The van der Waals surface area contributed by atoms with Gasteiger partial charge >= 0.3 is 5.97 Å². The molecule has 6 heteroatoms. The van der Waals surface area contributed by atoms with E-state index in [-0.39, 0.29) is 6.61 Å². The molecule has 0 rings (SSSR count). The molecule has 0 fully saturated rings. The molecule has 0 amide bonds. The molecule has 1 unspecified atom stereocenters. The lowest BCUT2D eigenvalue weighted by molar-refractivity contribution is -0.477. The number of nitro groups is 1. The minimum Gasteiger partial charge on any atom is -0.465 e. The Morgan fingerprint density at radius 3 is 2.73 bits per heavy atom. The molecule has 64 valence electrons. The molecule has 11 heavy (non-hydrogen) atoms. The number of carbonyl (C=O) groups is 1. The number of rotatable bonds is 4. The van der Waals surface area contributed by atoms with E-state index in [0.29, 0.717) is 0 Å². The molecule has 0 aromatic rings. The molecule has 1 atom stereocenters. The summed E-state index contributed by atoms with van der Waals surface area (Å²) in [5.41, 5.74) is 0. The summed E-state index contributed by atoms with van der Waals surface area (Å²) in [4.78, 5) is 19.2. The van der Waals surface area contributed by atoms with E-state index in [1.807, 2.05) is 0 Å². The fourth-order valence-corrected chi connectivity index (χ4v) is 0.807. The van der Waals surface area contributed by atoms with Crippen LogP contribution in [-0.4, -0.2) is 28.9 Å². The van der Waals surface area contributed by atoms with Crippen molar-refractivity contribution in [1.82, 2.24) is 0 Å². The Kier molecular flexibility index (Phi) is 4.76. The molecule has 0 aliphatic heterocycles. The van der Waals surface area contributed by atoms with E-state index >= 15 is 0 Å². The molecule has 0 N–H and O–H groups in total. The van der Waals surface area contributed by atoms with Crippen molar-refractivity contribution in [1.29, 1.82) is 0 Å². The molecule has 0 saturated carbocycles. The fourth-order valence-electron chi connectivity index (χ4n) is 0.438. The maximum Gasteiger partial charge on any atom is 0.326 e. The Labute approximate surface area is 72.0 Å². The largest absolute Gasteiger partial charge is 0.465 e. The molecule has 0 bridgehead atoms. The Balaban J connectivity index is 3.73. The average molecular weight is 226 g/mol. The summed E-state index contributed by atoms with van der Waals surface area (Å²) in [6, 6.07) is 0. The van der Waals surface area contributed by atoms with Crippen molar-refractivity contribution in [2.75, 3.05) is 13.2 Å². The zero-order chi connectivity index (χ0) is 8.85. The van der Waals surface area contributed by atoms with Crippen LogP contribution in [0.3, 0.4) is 0 Å². The minimum absolute atomic E-state index is 0.235. The Bertz CT molecular complexity index is 161. The highest BCUT2D eigenvalue weighted by Crippen LogP contribution is 2.01. The minimum atomic E-state index is -0.836. The molecule has 0 aromatic heterocycles. The maximum atomic E-state index is 10.7. The second-order valence-electron chi connectivity index (χ2n) is 1.73. The monoisotopic (exact) mass is 225 g/mol. The summed E-state index contributed by atoms with van der Waals surface area (Å²) in [6.07, 6.45) is 0.